The lowest BCUT2D eigenvalue weighted by molar-refractivity contribution is -0.153. The fraction of sp³-hybridized carbons (Fsp3) is 0.824. The van der Waals surface area contributed by atoms with Crippen molar-refractivity contribution in [3.8, 4) is 5.19 Å². The number of aromatic nitrogens is 1. The van der Waals surface area contributed by atoms with Gasteiger partial charge in [0.2, 0.25) is 0 Å². The van der Waals surface area contributed by atoms with Crippen LogP contribution in [-0.2, 0) is 12.8 Å². The van der Waals surface area contributed by atoms with Gasteiger partial charge in [-0.2, -0.15) is 13.2 Å². The molecule has 0 spiro atoms. The molecule has 3 nitrogen and oxygen atoms in total. The van der Waals surface area contributed by atoms with Gasteiger partial charge in [-0.1, -0.05) is 50.4 Å². The van der Waals surface area contributed by atoms with E-state index in [0.717, 1.165) is 43.0 Å². The highest BCUT2D eigenvalue weighted by Gasteiger charge is 2.29. The summed E-state index contributed by atoms with van der Waals surface area (Å²) < 4.78 is 41.4. The van der Waals surface area contributed by atoms with Crippen molar-refractivity contribution in [1.82, 2.24) is 9.88 Å². The molecule has 0 saturated heterocycles. The van der Waals surface area contributed by atoms with Crippen LogP contribution in [0.1, 0.15) is 56.0 Å². The Kier molecular flexibility index (Phi) is 7.81. The van der Waals surface area contributed by atoms with Crippen LogP contribution in [0.15, 0.2) is 0 Å². The van der Waals surface area contributed by atoms with Crippen LogP contribution in [0.2, 0.25) is 0 Å². The summed E-state index contributed by atoms with van der Waals surface area (Å²) in [7, 11) is 0. The Labute approximate surface area is 146 Å². The van der Waals surface area contributed by atoms with Gasteiger partial charge in [0.25, 0.3) is 5.19 Å². The molecule has 1 aromatic rings. The molecule has 138 valence electrons. The molecule has 0 fully saturated rings. The fourth-order valence-corrected chi connectivity index (χ4v) is 3.87. The van der Waals surface area contributed by atoms with Gasteiger partial charge in [-0.05, 0) is 19.4 Å². The van der Waals surface area contributed by atoms with Crippen molar-refractivity contribution in [2.75, 3.05) is 26.2 Å². The Bertz CT molecular complexity index is 465. The van der Waals surface area contributed by atoms with Crippen molar-refractivity contribution in [2.45, 2.75) is 64.5 Å². The van der Waals surface area contributed by atoms with Gasteiger partial charge < -0.3 is 9.64 Å². The second-order valence-corrected chi connectivity index (χ2v) is 7.41. The van der Waals surface area contributed by atoms with Crippen LogP contribution in [0.3, 0.4) is 0 Å². The van der Waals surface area contributed by atoms with Gasteiger partial charge >= 0.3 is 6.18 Å². The molecule has 1 aromatic heterocycles. The van der Waals surface area contributed by atoms with Crippen LogP contribution in [0, 0.1) is 0 Å². The van der Waals surface area contributed by atoms with Gasteiger partial charge in [0.1, 0.15) is 0 Å². The number of nitrogens with zero attached hydrogens (tertiary/aromatic N) is 2. The Morgan fingerprint density at radius 3 is 2.54 bits per heavy atom. The van der Waals surface area contributed by atoms with Crippen molar-refractivity contribution >= 4 is 11.3 Å². The summed E-state index contributed by atoms with van der Waals surface area (Å²) in [6.07, 6.45) is 5.11. The summed E-state index contributed by atoms with van der Waals surface area (Å²) in [6, 6.07) is 0. The maximum absolute atomic E-state index is 12.2. The van der Waals surface area contributed by atoms with Crippen LogP contribution in [0.5, 0.6) is 5.19 Å². The number of thiazole rings is 1. The second-order valence-electron chi connectivity index (χ2n) is 6.36. The van der Waals surface area contributed by atoms with Gasteiger partial charge in [0.05, 0.1) is 5.69 Å². The predicted octanol–water partition coefficient (Wildman–Crippen LogP) is 4.85. The summed E-state index contributed by atoms with van der Waals surface area (Å²) in [6.45, 7) is 3.97. The lowest BCUT2D eigenvalue weighted by Crippen LogP contribution is -2.27. The molecule has 0 unspecified atom stereocenters. The Hall–Kier alpha value is -0.820. The van der Waals surface area contributed by atoms with Crippen molar-refractivity contribution in [3.05, 3.63) is 10.6 Å². The van der Waals surface area contributed by atoms with Crippen LogP contribution < -0.4 is 4.74 Å². The molecule has 1 aliphatic rings. The normalized spacial score (nSPS) is 16.0. The molecular weight excluding hydrogens is 337 g/mol. The standard InChI is InChI=1S/C17H27F3N2OS/c1-2-3-4-5-6-7-10-22-11-8-14-15(9-12-22)24-16(21-14)23-13-17(18,19)20/h2-13H2,1H3. The molecule has 0 bridgehead atoms. The van der Waals surface area contributed by atoms with Crippen molar-refractivity contribution in [1.29, 1.82) is 0 Å². The minimum atomic E-state index is -4.31. The third-order valence-electron chi connectivity index (χ3n) is 4.27. The van der Waals surface area contributed by atoms with E-state index in [1.807, 2.05) is 0 Å². The first-order chi connectivity index (χ1) is 11.5. The van der Waals surface area contributed by atoms with E-state index in [2.05, 4.69) is 16.8 Å². The zero-order valence-electron chi connectivity index (χ0n) is 14.3. The zero-order valence-corrected chi connectivity index (χ0v) is 15.1. The van der Waals surface area contributed by atoms with Crippen LogP contribution in [-0.4, -0.2) is 42.3 Å². The molecule has 0 amide bonds. The highest BCUT2D eigenvalue weighted by molar-refractivity contribution is 7.13. The van der Waals surface area contributed by atoms with E-state index in [4.69, 9.17) is 4.74 Å². The van der Waals surface area contributed by atoms with Crippen LogP contribution >= 0.6 is 11.3 Å². The SMILES string of the molecule is CCCCCCCCN1CCc2nc(OCC(F)(F)F)sc2CC1. The molecular formula is C17H27F3N2OS. The van der Waals surface area contributed by atoms with E-state index in [1.165, 1.54) is 49.9 Å². The van der Waals surface area contributed by atoms with E-state index in [0.29, 0.717) is 0 Å². The maximum Gasteiger partial charge on any atom is 0.422 e. The van der Waals surface area contributed by atoms with E-state index in [9.17, 15) is 13.2 Å². The molecule has 0 atom stereocenters. The van der Waals surface area contributed by atoms with Crippen LogP contribution in [0.25, 0.3) is 0 Å². The minimum absolute atomic E-state index is 0.154. The van der Waals surface area contributed by atoms with E-state index < -0.39 is 12.8 Å². The first kappa shape index (κ1) is 19.5. The first-order valence-electron chi connectivity index (χ1n) is 8.88. The molecule has 0 aliphatic carbocycles. The van der Waals surface area contributed by atoms with Gasteiger partial charge in [-0.25, -0.2) is 4.98 Å². The second kappa shape index (κ2) is 9.61. The fourth-order valence-electron chi connectivity index (χ4n) is 2.93. The number of halogens is 3. The minimum Gasteiger partial charge on any atom is -0.460 e. The Morgan fingerprint density at radius 1 is 1.08 bits per heavy atom. The summed E-state index contributed by atoms with van der Waals surface area (Å²) in [4.78, 5) is 7.78. The monoisotopic (exact) mass is 364 g/mol. The first-order valence-corrected chi connectivity index (χ1v) is 9.70. The highest BCUT2D eigenvalue weighted by Crippen LogP contribution is 2.29. The number of hydrogen-bond acceptors (Lipinski definition) is 4. The lowest BCUT2D eigenvalue weighted by atomic mass is 10.1. The van der Waals surface area contributed by atoms with E-state index in [-0.39, 0.29) is 5.19 Å². The van der Waals surface area contributed by atoms with Gasteiger partial charge in [0, 0.05) is 24.4 Å². The molecule has 2 heterocycles. The summed E-state index contributed by atoms with van der Waals surface area (Å²) in [5.74, 6) is 0. The summed E-state index contributed by atoms with van der Waals surface area (Å²) in [5, 5.41) is 0.154. The molecule has 0 aromatic carbocycles. The molecule has 2 rings (SSSR count). The number of ether oxygens (including phenoxy) is 1. The van der Waals surface area contributed by atoms with Crippen molar-refractivity contribution in [3.63, 3.8) is 0 Å². The zero-order chi connectivity index (χ0) is 17.4. The molecule has 7 heteroatoms. The smallest absolute Gasteiger partial charge is 0.422 e. The van der Waals surface area contributed by atoms with Gasteiger partial charge in [-0.15, -0.1) is 0 Å². The predicted molar refractivity (Wildman–Crippen MR) is 90.9 cm³/mol. The Balaban J connectivity index is 1.70. The average molecular weight is 364 g/mol. The summed E-state index contributed by atoms with van der Waals surface area (Å²) >= 11 is 1.27. The van der Waals surface area contributed by atoms with Gasteiger partial charge in [0.15, 0.2) is 6.61 Å². The number of hydrogen-bond donors (Lipinski definition) is 0. The van der Waals surface area contributed by atoms with Crippen LogP contribution in [0.4, 0.5) is 13.2 Å². The summed E-state index contributed by atoms with van der Waals surface area (Å²) in [5.41, 5.74) is 0.919. The van der Waals surface area contributed by atoms with E-state index in [1.54, 1.807) is 0 Å². The molecule has 0 radical (unpaired) electrons. The largest absolute Gasteiger partial charge is 0.460 e. The van der Waals surface area contributed by atoms with E-state index >= 15 is 0 Å². The lowest BCUT2D eigenvalue weighted by Gasteiger charge is -2.19. The molecule has 0 N–H and O–H groups in total. The number of alkyl halides is 3. The third-order valence-corrected chi connectivity index (χ3v) is 5.34. The third kappa shape index (κ3) is 6.97. The molecule has 0 saturated carbocycles. The highest BCUT2D eigenvalue weighted by atomic mass is 32.1. The average Bonchev–Trinajstić information content (AvgIpc) is 2.83. The van der Waals surface area contributed by atoms with Gasteiger partial charge in [-0.3, -0.25) is 0 Å². The quantitative estimate of drug-likeness (QED) is 0.586. The maximum atomic E-state index is 12.2. The molecule has 1 aliphatic heterocycles. The molecule has 24 heavy (non-hydrogen) atoms. The van der Waals surface area contributed by atoms with Crippen molar-refractivity contribution < 1.29 is 17.9 Å². The Morgan fingerprint density at radius 2 is 1.79 bits per heavy atom. The number of rotatable bonds is 9. The number of fused-ring (bicyclic) bond motifs is 1. The number of unbranched alkanes of at least 4 members (excludes halogenated alkanes) is 5. The topological polar surface area (TPSA) is 25.4 Å². The van der Waals surface area contributed by atoms with Crippen molar-refractivity contribution in [2.24, 2.45) is 0 Å².